The predicted octanol–water partition coefficient (Wildman–Crippen LogP) is 8.86. The maximum Gasteiger partial charge on any atom is 0.261 e. The fourth-order valence-corrected chi connectivity index (χ4v) is 10.5. The molecule has 1 heterocycles. The van der Waals surface area contributed by atoms with Crippen molar-refractivity contribution in [3.63, 3.8) is 0 Å². The van der Waals surface area contributed by atoms with Gasteiger partial charge in [0.15, 0.2) is 8.32 Å². The smallest absolute Gasteiger partial charge is 0.261 e. The van der Waals surface area contributed by atoms with Crippen LogP contribution in [0.3, 0.4) is 0 Å². The predicted molar refractivity (Wildman–Crippen MR) is 180 cm³/mol. The van der Waals surface area contributed by atoms with Crippen LogP contribution in [-0.4, -0.2) is 29.8 Å². The maximum absolute atomic E-state index is 6.94. The highest BCUT2D eigenvalue weighted by Crippen LogP contribution is 2.37. The van der Waals surface area contributed by atoms with Crippen molar-refractivity contribution in [2.45, 2.75) is 90.4 Å². The molecule has 0 unspecified atom stereocenters. The lowest BCUT2D eigenvalue weighted by Crippen LogP contribution is -2.66. The van der Waals surface area contributed by atoms with Crippen molar-refractivity contribution in [3.05, 3.63) is 109 Å². The largest absolute Gasteiger partial charge is 0.466 e. The van der Waals surface area contributed by atoms with E-state index in [0.717, 1.165) is 43.8 Å². The molecule has 0 atom stereocenters. The summed E-state index contributed by atoms with van der Waals surface area (Å²) in [5, 5.41) is 2.85. The first kappa shape index (κ1) is 33.1. The molecule has 0 spiro atoms. The molecule has 0 amide bonds. The Kier molecular flexibility index (Phi) is 11.8. The third kappa shape index (κ3) is 9.02. The van der Waals surface area contributed by atoms with E-state index in [1.807, 2.05) is 0 Å². The highest BCUT2D eigenvalue weighted by atomic mass is 28.4. The van der Waals surface area contributed by atoms with Gasteiger partial charge < -0.3 is 13.3 Å². The Morgan fingerprint density at radius 2 is 1.20 bits per heavy atom. The molecule has 3 rings (SSSR count). The van der Waals surface area contributed by atoms with Crippen molar-refractivity contribution >= 4 is 27.0 Å². The molecule has 3 nitrogen and oxygen atoms in total. The number of furan rings is 1. The van der Waals surface area contributed by atoms with Gasteiger partial charge in [0.25, 0.3) is 8.32 Å². The minimum atomic E-state index is -2.51. The van der Waals surface area contributed by atoms with Gasteiger partial charge in [-0.1, -0.05) is 127 Å². The summed E-state index contributed by atoms with van der Waals surface area (Å²) >= 11 is 0. The van der Waals surface area contributed by atoms with Crippen molar-refractivity contribution < 1.29 is 13.3 Å². The molecule has 1 aromatic heterocycles. The van der Waals surface area contributed by atoms with E-state index in [9.17, 15) is 0 Å². The Morgan fingerprint density at radius 3 is 1.76 bits per heavy atom. The standard InChI is InChI=1S/C36H52O3Si2/c1-35(2,3)40(7,8)37-29-19-10-9-13-21-31-27-28-32(39-31)22-18-20-30-38-41(36(4,5)6,33-23-14-11-15-24-33)34-25-16-12-17-26-34/h9-12,14-18,20,23-28H,13,19,21-22,29-30H2,1-8H3/b10-9+,20-18+. The van der Waals surface area contributed by atoms with Crippen molar-refractivity contribution in [1.82, 2.24) is 0 Å². The summed E-state index contributed by atoms with van der Waals surface area (Å²) in [7, 11) is -4.16. The summed E-state index contributed by atoms with van der Waals surface area (Å²) < 4.78 is 19.3. The molecule has 5 heteroatoms. The number of allylic oxidation sites excluding steroid dienone is 2. The second kappa shape index (κ2) is 14.6. The van der Waals surface area contributed by atoms with Crippen molar-refractivity contribution in [3.8, 4) is 0 Å². The third-order valence-electron chi connectivity index (χ3n) is 8.29. The summed E-state index contributed by atoms with van der Waals surface area (Å²) in [6, 6.07) is 25.8. The minimum Gasteiger partial charge on any atom is -0.466 e. The highest BCUT2D eigenvalue weighted by Gasteiger charge is 2.49. The van der Waals surface area contributed by atoms with Gasteiger partial charge in [-0.05, 0) is 58.5 Å². The number of aryl methyl sites for hydroxylation is 1. The highest BCUT2D eigenvalue weighted by molar-refractivity contribution is 6.99. The van der Waals surface area contributed by atoms with Crippen LogP contribution in [0.5, 0.6) is 0 Å². The molecule has 0 saturated heterocycles. The molecule has 0 radical (unpaired) electrons. The minimum absolute atomic E-state index is 0.0222. The molecule has 0 N–H and O–H groups in total. The van der Waals surface area contributed by atoms with Gasteiger partial charge in [-0.15, -0.1) is 0 Å². The zero-order valence-corrected chi connectivity index (χ0v) is 28.7. The Hall–Kier alpha value is -2.45. The van der Waals surface area contributed by atoms with Crippen molar-refractivity contribution in [2.75, 3.05) is 13.2 Å². The average Bonchev–Trinajstić information content (AvgIpc) is 3.37. The quantitative estimate of drug-likeness (QED) is 0.107. The second-order valence-electron chi connectivity index (χ2n) is 13.4. The Balaban J connectivity index is 1.51. The zero-order chi connectivity index (χ0) is 30.0. The summed E-state index contributed by atoms with van der Waals surface area (Å²) in [5.74, 6) is 2.03. The van der Waals surface area contributed by atoms with E-state index in [4.69, 9.17) is 13.3 Å². The average molecular weight is 589 g/mol. The van der Waals surface area contributed by atoms with E-state index in [0.29, 0.717) is 6.61 Å². The van der Waals surface area contributed by atoms with E-state index >= 15 is 0 Å². The molecule has 0 aliphatic carbocycles. The summed E-state index contributed by atoms with van der Waals surface area (Å²) in [6.07, 6.45) is 12.4. The van der Waals surface area contributed by atoms with Gasteiger partial charge in [0.2, 0.25) is 0 Å². The molecule has 0 aliphatic heterocycles. The monoisotopic (exact) mass is 588 g/mol. The lowest BCUT2D eigenvalue weighted by molar-refractivity contribution is 0.294. The Labute approximate surface area is 251 Å². The molecule has 0 bridgehead atoms. The van der Waals surface area contributed by atoms with Crippen LogP contribution in [0.25, 0.3) is 0 Å². The van der Waals surface area contributed by atoms with Crippen LogP contribution in [-0.2, 0) is 21.7 Å². The fraction of sp³-hybridized carbons (Fsp3) is 0.444. The molecule has 2 aromatic carbocycles. The normalized spacial score (nSPS) is 13.5. The number of rotatable bonds is 14. The van der Waals surface area contributed by atoms with Gasteiger partial charge in [0.1, 0.15) is 11.5 Å². The lowest BCUT2D eigenvalue weighted by Gasteiger charge is -2.42. The van der Waals surface area contributed by atoms with Gasteiger partial charge in [-0.3, -0.25) is 0 Å². The van der Waals surface area contributed by atoms with E-state index in [2.05, 4.69) is 152 Å². The van der Waals surface area contributed by atoms with Crippen LogP contribution < -0.4 is 10.4 Å². The molecule has 0 saturated carbocycles. The number of benzene rings is 2. The molecule has 41 heavy (non-hydrogen) atoms. The van der Waals surface area contributed by atoms with Crippen LogP contribution in [0.4, 0.5) is 0 Å². The molecule has 0 aliphatic rings. The van der Waals surface area contributed by atoms with Crippen molar-refractivity contribution in [2.24, 2.45) is 0 Å². The van der Waals surface area contributed by atoms with E-state index in [-0.39, 0.29) is 10.1 Å². The second-order valence-corrected chi connectivity index (χ2v) is 22.5. The zero-order valence-electron chi connectivity index (χ0n) is 26.7. The van der Waals surface area contributed by atoms with E-state index in [1.165, 1.54) is 10.4 Å². The lowest BCUT2D eigenvalue weighted by atomic mass is 10.2. The summed E-state index contributed by atoms with van der Waals surface area (Å²) in [6.45, 7) is 19.8. The first-order chi connectivity index (χ1) is 19.4. The SMILES string of the molecule is CC(C)(C)[Si](C)(C)OCC/C=C/CCc1ccc(C/C=C/CO[Si](c2ccccc2)(c2ccccc2)C(C)(C)C)o1. The summed E-state index contributed by atoms with van der Waals surface area (Å²) in [5.41, 5.74) is 0. The maximum atomic E-state index is 6.94. The molecule has 0 fully saturated rings. The third-order valence-corrected chi connectivity index (χ3v) is 17.8. The molecule has 3 aromatic rings. The first-order valence-corrected chi connectivity index (χ1v) is 19.9. The molecular weight excluding hydrogens is 537 g/mol. The number of hydrogen-bond donors (Lipinski definition) is 0. The van der Waals surface area contributed by atoms with Crippen LogP contribution in [0.1, 0.15) is 65.9 Å². The number of hydrogen-bond acceptors (Lipinski definition) is 3. The van der Waals surface area contributed by atoms with Gasteiger partial charge in [-0.25, -0.2) is 0 Å². The van der Waals surface area contributed by atoms with Gasteiger partial charge in [-0.2, -0.15) is 0 Å². The topological polar surface area (TPSA) is 31.6 Å². The molecular formula is C36H52O3Si2. The van der Waals surface area contributed by atoms with Gasteiger partial charge in [0.05, 0.1) is 6.61 Å². The van der Waals surface area contributed by atoms with Crippen LogP contribution in [0.2, 0.25) is 23.2 Å². The van der Waals surface area contributed by atoms with Gasteiger partial charge in [0, 0.05) is 19.4 Å². The van der Waals surface area contributed by atoms with Gasteiger partial charge >= 0.3 is 0 Å². The van der Waals surface area contributed by atoms with Crippen LogP contribution in [0.15, 0.2) is 102 Å². The Morgan fingerprint density at radius 1 is 0.634 bits per heavy atom. The van der Waals surface area contributed by atoms with Crippen molar-refractivity contribution in [1.29, 1.82) is 0 Å². The van der Waals surface area contributed by atoms with E-state index in [1.54, 1.807) is 0 Å². The summed E-state index contributed by atoms with van der Waals surface area (Å²) in [4.78, 5) is 0. The van der Waals surface area contributed by atoms with E-state index < -0.39 is 16.6 Å². The first-order valence-electron chi connectivity index (χ1n) is 15.1. The fourth-order valence-electron chi connectivity index (χ4n) is 4.93. The Bertz CT molecular complexity index is 1190. The van der Waals surface area contributed by atoms with Crippen LogP contribution >= 0.6 is 0 Å². The molecule has 222 valence electrons. The van der Waals surface area contributed by atoms with Crippen LogP contribution in [0, 0.1) is 0 Å².